The van der Waals surface area contributed by atoms with Crippen LogP contribution in [0.15, 0.2) is 103 Å². The van der Waals surface area contributed by atoms with E-state index in [1.807, 2.05) is 91.0 Å². The molecule has 46 heavy (non-hydrogen) atoms. The molecule has 1 aromatic heterocycles. The molecule has 0 aliphatic heterocycles. The summed E-state index contributed by atoms with van der Waals surface area (Å²) in [7, 11) is 0. The summed E-state index contributed by atoms with van der Waals surface area (Å²) in [6, 6.07) is 29.6. The molecule has 1 fully saturated rings. The molecule has 1 aliphatic carbocycles. The standard InChI is InChI=1S/C37H42N6O3/c38-33-21-20-28(25-39-33)22-32(43-36(45)34(29-10-4-1-5-11-29)30-12-6-2-7-13-30)35(44)40-23-26-16-18-27(19-17-26)24-41-37(46)42-31-14-8-3-9-15-31/h1-2,4-7,10-13,16-21,25,31-32,34H,3,8-9,14-15,22-24H2,(H2,38,39)(H,40,44)(H,43,45)(H2,41,42,46). The second-order valence-corrected chi connectivity index (χ2v) is 11.8. The van der Waals surface area contributed by atoms with Crippen LogP contribution in [0.2, 0.25) is 0 Å². The molecule has 5 rings (SSSR count). The van der Waals surface area contributed by atoms with Gasteiger partial charge in [-0.25, -0.2) is 9.78 Å². The molecule has 0 saturated heterocycles. The molecule has 1 atom stereocenters. The van der Waals surface area contributed by atoms with Gasteiger partial charge in [0, 0.05) is 31.7 Å². The maximum absolute atomic E-state index is 13.9. The van der Waals surface area contributed by atoms with Gasteiger partial charge in [-0.2, -0.15) is 0 Å². The fourth-order valence-corrected chi connectivity index (χ4v) is 5.80. The minimum Gasteiger partial charge on any atom is -0.384 e. The fourth-order valence-electron chi connectivity index (χ4n) is 5.80. The van der Waals surface area contributed by atoms with Gasteiger partial charge in [-0.15, -0.1) is 0 Å². The van der Waals surface area contributed by atoms with Gasteiger partial charge in [-0.05, 0) is 46.7 Å². The smallest absolute Gasteiger partial charge is 0.315 e. The van der Waals surface area contributed by atoms with Crippen LogP contribution in [0.5, 0.6) is 0 Å². The zero-order chi connectivity index (χ0) is 32.1. The van der Waals surface area contributed by atoms with Crippen molar-refractivity contribution in [3.63, 3.8) is 0 Å². The summed E-state index contributed by atoms with van der Waals surface area (Å²) >= 11 is 0. The third-order valence-electron chi connectivity index (χ3n) is 8.33. The lowest BCUT2D eigenvalue weighted by Gasteiger charge is -2.23. The number of carbonyl (C=O) groups excluding carboxylic acids is 3. The van der Waals surface area contributed by atoms with E-state index < -0.39 is 12.0 Å². The first-order valence-corrected chi connectivity index (χ1v) is 15.9. The Morgan fingerprint density at radius 1 is 0.696 bits per heavy atom. The number of urea groups is 1. The van der Waals surface area contributed by atoms with Gasteiger partial charge in [-0.1, -0.05) is 110 Å². The molecule has 1 unspecified atom stereocenters. The lowest BCUT2D eigenvalue weighted by molar-refractivity contribution is -0.129. The topological polar surface area (TPSA) is 138 Å². The monoisotopic (exact) mass is 618 g/mol. The van der Waals surface area contributed by atoms with Crippen LogP contribution < -0.4 is 27.0 Å². The summed E-state index contributed by atoms with van der Waals surface area (Å²) in [6.07, 6.45) is 7.51. The van der Waals surface area contributed by atoms with E-state index in [1.54, 1.807) is 12.3 Å². The van der Waals surface area contributed by atoms with Crippen LogP contribution in [0.4, 0.5) is 10.6 Å². The molecule has 6 N–H and O–H groups in total. The van der Waals surface area contributed by atoms with E-state index in [0.29, 0.717) is 12.4 Å². The van der Waals surface area contributed by atoms with E-state index in [4.69, 9.17) is 5.73 Å². The normalized spacial score (nSPS) is 13.8. The Balaban J connectivity index is 1.22. The molecule has 238 valence electrons. The largest absolute Gasteiger partial charge is 0.384 e. The minimum atomic E-state index is -0.848. The summed E-state index contributed by atoms with van der Waals surface area (Å²) in [5, 5.41) is 12.0. The van der Waals surface area contributed by atoms with E-state index in [1.165, 1.54) is 6.42 Å². The first kappa shape index (κ1) is 32.2. The van der Waals surface area contributed by atoms with Crippen LogP contribution in [0.3, 0.4) is 0 Å². The van der Waals surface area contributed by atoms with Crippen molar-refractivity contribution in [2.24, 2.45) is 0 Å². The van der Waals surface area contributed by atoms with Crippen molar-refractivity contribution in [3.05, 3.63) is 131 Å². The zero-order valence-electron chi connectivity index (χ0n) is 26.0. The number of aromatic nitrogens is 1. The number of hydrogen-bond donors (Lipinski definition) is 5. The third-order valence-corrected chi connectivity index (χ3v) is 8.33. The maximum atomic E-state index is 13.9. The number of benzene rings is 3. The summed E-state index contributed by atoms with van der Waals surface area (Å²) < 4.78 is 0. The molecule has 1 heterocycles. The highest BCUT2D eigenvalue weighted by Gasteiger charge is 2.28. The SMILES string of the molecule is Nc1ccc(CC(NC(=O)C(c2ccccc2)c2ccccc2)C(=O)NCc2ccc(CNC(=O)NC3CCCCC3)cc2)cn1. The van der Waals surface area contributed by atoms with Crippen LogP contribution >= 0.6 is 0 Å². The quantitative estimate of drug-likeness (QED) is 0.153. The van der Waals surface area contributed by atoms with Crippen molar-refractivity contribution >= 4 is 23.7 Å². The minimum absolute atomic E-state index is 0.144. The predicted octanol–water partition coefficient (Wildman–Crippen LogP) is 4.97. The number of nitrogens with two attached hydrogens (primary N) is 1. The lowest BCUT2D eigenvalue weighted by atomic mass is 9.90. The Hall–Kier alpha value is -5.18. The second kappa shape index (κ2) is 16.2. The second-order valence-electron chi connectivity index (χ2n) is 11.8. The molecule has 0 radical (unpaired) electrons. The van der Waals surface area contributed by atoms with Crippen molar-refractivity contribution < 1.29 is 14.4 Å². The maximum Gasteiger partial charge on any atom is 0.315 e. The van der Waals surface area contributed by atoms with E-state index >= 15 is 0 Å². The number of carbonyl (C=O) groups is 3. The number of hydrogen-bond acceptors (Lipinski definition) is 5. The molecular weight excluding hydrogens is 576 g/mol. The third kappa shape index (κ3) is 9.41. The average Bonchev–Trinajstić information content (AvgIpc) is 3.09. The molecule has 0 bridgehead atoms. The summed E-state index contributed by atoms with van der Waals surface area (Å²) in [5.41, 5.74) is 10.1. The van der Waals surface area contributed by atoms with Crippen LogP contribution in [-0.2, 0) is 29.1 Å². The molecular formula is C37H42N6O3. The molecule has 1 saturated carbocycles. The first-order valence-electron chi connectivity index (χ1n) is 15.9. The summed E-state index contributed by atoms with van der Waals surface area (Å²) in [5.74, 6) is -0.792. The Bertz CT molecular complexity index is 1520. The summed E-state index contributed by atoms with van der Waals surface area (Å²) in [4.78, 5) is 43.9. The summed E-state index contributed by atoms with van der Waals surface area (Å²) in [6.45, 7) is 0.695. The number of anilines is 1. The van der Waals surface area contributed by atoms with Crippen molar-refractivity contribution in [3.8, 4) is 0 Å². The highest BCUT2D eigenvalue weighted by Crippen LogP contribution is 2.25. The van der Waals surface area contributed by atoms with E-state index in [-0.39, 0.29) is 36.9 Å². The predicted molar refractivity (Wildman–Crippen MR) is 180 cm³/mol. The first-order chi connectivity index (χ1) is 22.4. The number of nitrogen functional groups attached to an aromatic ring is 1. The Morgan fingerprint density at radius 2 is 1.26 bits per heavy atom. The van der Waals surface area contributed by atoms with Crippen LogP contribution in [0, 0.1) is 0 Å². The Kier molecular flexibility index (Phi) is 11.4. The molecule has 1 aliphatic rings. The number of amides is 4. The van der Waals surface area contributed by atoms with Crippen LogP contribution in [0.1, 0.15) is 65.8 Å². The Labute approximate surface area is 270 Å². The van der Waals surface area contributed by atoms with Crippen molar-refractivity contribution in [2.75, 3.05) is 5.73 Å². The van der Waals surface area contributed by atoms with Crippen LogP contribution in [0.25, 0.3) is 0 Å². The van der Waals surface area contributed by atoms with Gasteiger partial charge in [-0.3, -0.25) is 9.59 Å². The van der Waals surface area contributed by atoms with Crippen molar-refractivity contribution in [2.45, 2.75) is 69.6 Å². The van der Waals surface area contributed by atoms with E-state index in [0.717, 1.165) is 53.5 Å². The average molecular weight is 619 g/mol. The highest BCUT2D eigenvalue weighted by molar-refractivity contribution is 5.92. The number of rotatable bonds is 12. The van der Waals surface area contributed by atoms with Gasteiger partial charge in [0.25, 0.3) is 0 Å². The van der Waals surface area contributed by atoms with Gasteiger partial charge in [0.1, 0.15) is 11.9 Å². The van der Waals surface area contributed by atoms with E-state index in [9.17, 15) is 14.4 Å². The number of nitrogens with zero attached hydrogens (tertiary/aromatic N) is 1. The van der Waals surface area contributed by atoms with Gasteiger partial charge >= 0.3 is 6.03 Å². The van der Waals surface area contributed by atoms with Gasteiger partial charge in [0.2, 0.25) is 11.8 Å². The molecule has 4 aromatic rings. The highest BCUT2D eigenvalue weighted by atomic mass is 16.2. The van der Waals surface area contributed by atoms with Gasteiger partial charge < -0.3 is 27.0 Å². The Morgan fingerprint density at radius 3 is 1.83 bits per heavy atom. The number of nitrogens with one attached hydrogen (secondary N) is 4. The molecule has 0 spiro atoms. The fraction of sp³-hybridized carbons (Fsp3) is 0.297. The lowest BCUT2D eigenvalue weighted by Crippen LogP contribution is -2.49. The van der Waals surface area contributed by atoms with Gasteiger partial charge in [0.05, 0.1) is 5.92 Å². The van der Waals surface area contributed by atoms with Crippen LogP contribution in [-0.4, -0.2) is 34.9 Å². The van der Waals surface area contributed by atoms with Crippen molar-refractivity contribution in [1.82, 2.24) is 26.3 Å². The molecule has 3 aromatic carbocycles. The zero-order valence-corrected chi connectivity index (χ0v) is 26.0. The number of pyridine rings is 1. The molecule has 9 nitrogen and oxygen atoms in total. The van der Waals surface area contributed by atoms with Crippen molar-refractivity contribution in [1.29, 1.82) is 0 Å². The molecule has 9 heteroatoms. The van der Waals surface area contributed by atoms with Gasteiger partial charge in [0.15, 0.2) is 0 Å². The molecule has 4 amide bonds. The van der Waals surface area contributed by atoms with E-state index in [2.05, 4.69) is 26.3 Å².